The van der Waals surface area contributed by atoms with E-state index < -0.39 is 18.5 Å². The number of carbonyl (C=O) groups excluding carboxylic acids is 3. The summed E-state index contributed by atoms with van der Waals surface area (Å²) in [6, 6.07) is 12.4. The largest absolute Gasteiger partial charge is 0.452 e. The summed E-state index contributed by atoms with van der Waals surface area (Å²) in [5.41, 5.74) is 4.59. The Morgan fingerprint density at radius 2 is 1.89 bits per heavy atom. The molecule has 0 spiro atoms. The fraction of sp³-hybridized carbons (Fsp3) is 0.200. The van der Waals surface area contributed by atoms with Gasteiger partial charge in [-0.05, 0) is 37.3 Å². The number of rotatable bonds is 6. The molecule has 0 unspecified atom stereocenters. The van der Waals surface area contributed by atoms with Crippen LogP contribution in [0.2, 0.25) is 0 Å². The van der Waals surface area contributed by atoms with Gasteiger partial charge in [-0.3, -0.25) is 9.59 Å². The SMILES string of the molecule is Cc1ccc(NC(=O)CN(C)C(=O)COC(=O)c2ccc3ncsc3c2)cc1. The third kappa shape index (κ3) is 4.92. The maximum atomic E-state index is 12.1. The van der Waals surface area contributed by atoms with Crippen LogP contribution in [0, 0.1) is 6.92 Å². The summed E-state index contributed by atoms with van der Waals surface area (Å²) in [7, 11) is 1.48. The van der Waals surface area contributed by atoms with Crippen molar-refractivity contribution in [2.75, 3.05) is 25.5 Å². The molecule has 7 nitrogen and oxygen atoms in total. The molecule has 0 aliphatic carbocycles. The van der Waals surface area contributed by atoms with Crippen LogP contribution in [0.5, 0.6) is 0 Å². The quantitative estimate of drug-likeness (QED) is 0.646. The number of carbonyl (C=O) groups is 3. The average molecular weight is 397 g/mol. The van der Waals surface area contributed by atoms with E-state index in [1.807, 2.05) is 19.1 Å². The smallest absolute Gasteiger partial charge is 0.338 e. The number of benzene rings is 2. The van der Waals surface area contributed by atoms with Crippen LogP contribution in [0.1, 0.15) is 15.9 Å². The zero-order valence-electron chi connectivity index (χ0n) is 15.5. The van der Waals surface area contributed by atoms with Crippen LogP contribution < -0.4 is 5.32 Å². The van der Waals surface area contributed by atoms with Gasteiger partial charge in [-0.1, -0.05) is 17.7 Å². The molecule has 3 aromatic rings. The van der Waals surface area contributed by atoms with Crippen LogP contribution in [0.4, 0.5) is 5.69 Å². The van der Waals surface area contributed by atoms with Gasteiger partial charge in [0, 0.05) is 12.7 Å². The molecule has 0 fully saturated rings. The minimum absolute atomic E-state index is 0.142. The lowest BCUT2D eigenvalue weighted by atomic mass is 10.2. The molecular weight excluding hydrogens is 378 g/mol. The summed E-state index contributed by atoms with van der Waals surface area (Å²) in [5.74, 6) is -1.39. The van der Waals surface area contributed by atoms with E-state index in [1.165, 1.54) is 23.3 Å². The van der Waals surface area contributed by atoms with Crippen molar-refractivity contribution in [1.29, 1.82) is 0 Å². The zero-order valence-corrected chi connectivity index (χ0v) is 16.3. The van der Waals surface area contributed by atoms with Crippen LogP contribution in [-0.2, 0) is 14.3 Å². The fourth-order valence-electron chi connectivity index (χ4n) is 2.44. The third-order valence-corrected chi connectivity index (χ3v) is 4.83. The minimum Gasteiger partial charge on any atom is -0.452 e. The van der Waals surface area contributed by atoms with Gasteiger partial charge >= 0.3 is 5.97 Å². The van der Waals surface area contributed by atoms with Gasteiger partial charge in [0.2, 0.25) is 5.91 Å². The molecule has 0 saturated heterocycles. The molecular formula is C20H19N3O4S. The Balaban J connectivity index is 1.48. The first kappa shape index (κ1) is 19.5. The summed E-state index contributed by atoms with van der Waals surface area (Å²) in [4.78, 5) is 41.7. The van der Waals surface area contributed by atoms with Crippen LogP contribution in [0.3, 0.4) is 0 Å². The van der Waals surface area contributed by atoms with Crippen molar-refractivity contribution in [1.82, 2.24) is 9.88 Å². The van der Waals surface area contributed by atoms with Crippen LogP contribution in [0.25, 0.3) is 10.2 Å². The average Bonchev–Trinajstić information content (AvgIpc) is 3.15. The molecule has 0 bridgehead atoms. The lowest BCUT2D eigenvalue weighted by molar-refractivity contribution is -0.136. The number of hydrogen-bond acceptors (Lipinski definition) is 6. The normalized spacial score (nSPS) is 10.5. The van der Waals surface area contributed by atoms with E-state index in [2.05, 4.69) is 10.3 Å². The Labute approximate surface area is 165 Å². The number of nitrogens with one attached hydrogen (secondary N) is 1. The second-order valence-corrected chi connectivity index (χ2v) is 7.16. The lowest BCUT2D eigenvalue weighted by Gasteiger charge is -2.17. The van der Waals surface area contributed by atoms with E-state index in [-0.39, 0.29) is 12.5 Å². The van der Waals surface area contributed by atoms with Gasteiger partial charge in [0.1, 0.15) is 0 Å². The standard InChI is InChI=1S/C20H19N3O4S/c1-13-3-6-15(7-4-13)22-18(24)10-23(2)19(25)11-27-20(26)14-5-8-16-17(9-14)28-12-21-16/h3-9,12H,10-11H2,1-2H3,(H,22,24). The van der Waals surface area contributed by atoms with Crippen molar-refractivity contribution in [3.8, 4) is 0 Å². The molecule has 3 rings (SSSR count). The Kier molecular flexibility index (Phi) is 6.00. The summed E-state index contributed by atoms with van der Waals surface area (Å²) in [5, 5.41) is 2.71. The monoisotopic (exact) mass is 397 g/mol. The number of nitrogens with zero attached hydrogens (tertiary/aromatic N) is 2. The number of esters is 1. The highest BCUT2D eigenvalue weighted by molar-refractivity contribution is 7.16. The van der Waals surface area contributed by atoms with Gasteiger partial charge in [0.05, 0.1) is 27.8 Å². The summed E-state index contributed by atoms with van der Waals surface area (Å²) >= 11 is 1.42. The molecule has 1 aromatic heterocycles. The Bertz CT molecular complexity index is 1010. The maximum absolute atomic E-state index is 12.1. The number of aromatic nitrogens is 1. The predicted octanol–water partition coefficient (Wildman–Crippen LogP) is 2.86. The number of thiazole rings is 1. The van der Waals surface area contributed by atoms with E-state index >= 15 is 0 Å². The molecule has 1 heterocycles. The molecule has 2 amide bonds. The zero-order chi connectivity index (χ0) is 20.1. The summed E-state index contributed by atoms with van der Waals surface area (Å²) < 4.78 is 5.94. The number of likely N-dealkylation sites (N-methyl/N-ethyl adjacent to an activating group) is 1. The van der Waals surface area contributed by atoms with E-state index in [4.69, 9.17) is 4.74 Å². The third-order valence-electron chi connectivity index (χ3n) is 4.04. The summed E-state index contributed by atoms with van der Waals surface area (Å²) in [6.07, 6.45) is 0. The van der Waals surface area contributed by atoms with E-state index in [0.717, 1.165) is 15.8 Å². The second-order valence-electron chi connectivity index (χ2n) is 6.27. The molecule has 0 aliphatic rings. The fourth-order valence-corrected chi connectivity index (χ4v) is 3.16. The van der Waals surface area contributed by atoms with Crippen molar-refractivity contribution < 1.29 is 19.1 Å². The van der Waals surface area contributed by atoms with E-state index in [0.29, 0.717) is 11.3 Å². The maximum Gasteiger partial charge on any atom is 0.338 e. The van der Waals surface area contributed by atoms with Gasteiger partial charge in [-0.15, -0.1) is 11.3 Å². The van der Waals surface area contributed by atoms with Crippen LogP contribution in [0.15, 0.2) is 48.0 Å². The number of aryl methyl sites for hydroxylation is 1. The number of anilines is 1. The molecule has 0 radical (unpaired) electrons. The number of hydrogen-bond donors (Lipinski definition) is 1. The highest BCUT2D eigenvalue weighted by Gasteiger charge is 2.16. The van der Waals surface area contributed by atoms with Crippen molar-refractivity contribution >= 4 is 45.0 Å². The second kappa shape index (κ2) is 8.62. The molecule has 8 heteroatoms. The van der Waals surface area contributed by atoms with Crippen LogP contribution >= 0.6 is 11.3 Å². The molecule has 2 aromatic carbocycles. The Hall–Kier alpha value is -3.26. The number of fused-ring (bicyclic) bond motifs is 1. The number of amides is 2. The predicted molar refractivity (Wildman–Crippen MR) is 107 cm³/mol. The molecule has 144 valence electrons. The number of ether oxygens (including phenoxy) is 1. The molecule has 0 saturated carbocycles. The summed E-state index contributed by atoms with van der Waals surface area (Å²) in [6.45, 7) is 1.37. The van der Waals surface area contributed by atoms with Gasteiger partial charge in [-0.2, -0.15) is 0 Å². The highest BCUT2D eigenvalue weighted by Crippen LogP contribution is 2.19. The topological polar surface area (TPSA) is 88.6 Å². The molecule has 0 atom stereocenters. The van der Waals surface area contributed by atoms with Crippen molar-refractivity contribution in [3.05, 3.63) is 59.1 Å². The molecule has 0 aliphatic heterocycles. The van der Waals surface area contributed by atoms with Crippen molar-refractivity contribution in [2.24, 2.45) is 0 Å². The van der Waals surface area contributed by atoms with Gasteiger partial charge in [0.15, 0.2) is 6.61 Å². The minimum atomic E-state index is -0.596. The lowest BCUT2D eigenvalue weighted by Crippen LogP contribution is -2.37. The van der Waals surface area contributed by atoms with Crippen molar-refractivity contribution in [3.63, 3.8) is 0 Å². The van der Waals surface area contributed by atoms with Gasteiger partial charge in [0.25, 0.3) is 5.91 Å². The first-order valence-electron chi connectivity index (χ1n) is 8.53. The van der Waals surface area contributed by atoms with Crippen LogP contribution in [-0.4, -0.2) is 47.9 Å². The first-order chi connectivity index (χ1) is 13.4. The van der Waals surface area contributed by atoms with E-state index in [1.54, 1.807) is 35.8 Å². The molecule has 1 N–H and O–H groups in total. The first-order valence-corrected chi connectivity index (χ1v) is 9.41. The Morgan fingerprint density at radius 3 is 2.64 bits per heavy atom. The van der Waals surface area contributed by atoms with Crippen molar-refractivity contribution in [2.45, 2.75) is 6.92 Å². The molecule has 28 heavy (non-hydrogen) atoms. The highest BCUT2D eigenvalue weighted by atomic mass is 32.1. The Morgan fingerprint density at radius 1 is 1.14 bits per heavy atom. The van der Waals surface area contributed by atoms with E-state index in [9.17, 15) is 14.4 Å². The van der Waals surface area contributed by atoms with Gasteiger partial charge < -0.3 is 15.0 Å². The van der Waals surface area contributed by atoms with Gasteiger partial charge in [-0.25, -0.2) is 9.78 Å².